The molecule has 0 saturated carbocycles. The Bertz CT molecular complexity index is 1060. The average Bonchev–Trinajstić information content (AvgIpc) is 3.29. The van der Waals surface area contributed by atoms with Crippen LogP contribution in [-0.2, 0) is 17.8 Å². The van der Waals surface area contributed by atoms with Gasteiger partial charge < -0.3 is 4.90 Å². The van der Waals surface area contributed by atoms with Gasteiger partial charge in [0.2, 0.25) is 0 Å². The molecular formula is C23H20N2O3S. The van der Waals surface area contributed by atoms with E-state index in [1.54, 1.807) is 28.9 Å². The summed E-state index contributed by atoms with van der Waals surface area (Å²) < 4.78 is 0. The third kappa shape index (κ3) is 4.13. The molecule has 0 spiro atoms. The minimum atomic E-state index is -0.557. The van der Waals surface area contributed by atoms with Crippen molar-refractivity contribution < 1.29 is 14.8 Å². The molecule has 0 atom stereocenters. The van der Waals surface area contributed by atoms with Gasteiger partial charge in [0.15, 0.2) is 0 Å². The van der Waals surface area contributed by atoms with Crippen LogP contribution in [0.25, 0.3) is 11.6 Å². The Kier molecular flexibility index (Phi) is 5.55. The maximum absolute atomic E-state index is 13.5. The predicted octanol–water partition coefficient (Wildman–Crippen LogP) is 3.99. The largest absolute Gasteiger partial charge is 0.334 e. The van der Waals surface area contributed by atoms with Crippen LogP contribution < -0.4 is 5.48 Å². The van der Waals surface area contributed by atoms with Gasteiger partial charge in [-0.3, -0.25) is 14.8 Å². The lowest BCUT2D eigenvalue weighted by Gasteiger charge is -2.30. The highest BCUT2D eigenvalue weighted by Crippen LogP contribution is 2.27. The number of benzene rings is 2. The highest BCUT2D eigenvalue weighted by Gasteiger charge is 2.25. The maximum Gasteiger partial charge on any atom is 0.274 e. The summed E-state index contributed by atoms with van der Waals surface area (Å²) in [6, 6.07) is 19.0. The Balaban J connectivity index is 1.65. The monoisotopic (exact) mass is 404 g/mol. The van der Waals surface area contributed by atoms with Crippen LogP contribution >= 0.6 is 11.3 Å². The van der Waals surface area contributed by atoms with Gasteiger partial charge >= 0.3 is 0 Å². The minimum Gasteiger partial charge on any atom is -0.334 e. The Hall–Kier alpha value is -3.22. The van der Waals surface area contributed by atoms with Crippen molar-refractivity contribution in [2.45, 2.75) is 13.0 Å². The summed E-state index contributed by atoms with van der Waals surface area (Å²) in [5.41, 5.74) is 5.61. The molecule has 146 valence electrons. The normalized spacial score (nSPS) is 13.7. The van der Waals surface area contributed by atoms with Crippen molar-refractivity contribution in [1.82, 2.24) is 10.4 Å². The van der Waals surface area contributed by atoms with Crippen molar-refractivity contribution in [3.8, 4) is 0 Å². The molecule has 2 aromatic carbocycles. The molecule has 3 aromatic rings. The lowest BCUT2D eigenvalue weighted by Crippen LogP contribution is -2.36. The molecule has 2 heterocycles. The molecule has 0 bridgehead atoms. The molecular weight excluding hydrogens is 384 g/mol. The second-order valence-corrected chi connectivity index (χ2v) is 7.82. The fourth-order valence-electron chi connectivity index (χ4n) is 3.51. The first-order chi connectivity index (χ1) is 14.2. The lowest BCUT2D eigenvalue weighted by atomic mass is 9.95. The van der Waals surface area contributed by atoms with Crippen LogP contribution in [-0.4, -0.2) is 28.5 Å². The number of nitrogens with one attached hydrogen (secondary N) is 1. The van der Waals surface area contributed by atoms with Gasteiger partial charge in [0.25, 0.3) is 11.8 Å². The molecule has 0 fully saturated rings. The lowest BCUT2D eigenvalue weighted by molar-refractivity contribution is -0.125. The van der Waals surface area contributed by atoms with Crippen LogP contribution in [0.2, 0.25) is 0 Å². The number of rotatable bonds is 4. The molecule has 1 aliphatic heterocycles. The summed E-state index contributed by atoms with van der Waals surface area (Å²) in [4.78, 5) is 28.0. The van der Waals surface area contributed by atoms with Crippen molar-refractivity contribution in [2.24, 2.45) is 0 Å². The van der Waals surface area contributed by atoms with E-state index < -0.39 is 5.91 Å². The molecule has 2 amide bonds. The summed E-state index contributed by atoms with van der Waals surface area (Å²) in [6.07, 6.45) is 2.66. The molecule has 5 nitrogen and oxygen atoms in total. The highest BCUT2D eigenvalue weighted by molar-refractivity contribution is 7.11. The maximum atomic E-state index is 13.5. The van der Waals surface area contributed by atoms with Gasteiger partial charge in [-0.1, -0.05) is 42.5 Å². The number of thiophene rings is 1. The summed E-state index contributed by atoms with van der Waals surface area (Å²) in [5, 5.41) is 10.9. The number of carbonyl (C=O) groups is 2. The van der Waals surface area contributed by atoms with E-state index in [4.69, 9.17) is 5.21 Å². The van der Waals surface area contributed by atoms with Crippen LogP contribution in [0.1, 0.15) is 31.9 Å². The third-order valence-electron chi connectivity index (χ3n) is 5.01. The highest BCUT2D eigenvalue weighted by atomic mass is 32.1. The van der Waals surface area contributed by atoms with Crippen molar-refractivity contribution in [3.63, 3.8) is 0 Å². The minimum absolute atomic E-state index is 0.0349. The second kappa shape index (κ2) is 8.43. The number of amides is 2. The van der Waals surface area contributed by atoms with E-state index in [-0.39, 0.29) is 5.91 Å². The van der Waals surface area contributed by atoms with Crippen molar-refractivity contribution in [1.29, 1.82) is 0 Å². The van der Waals surface area contributed by atoms with E-state index in [9.17, 15) is 9.59 Å². The molecule has 0 unspecified atom stereocenters. The van der Waals surface area contributed by atoms with Gasteiger partial charge in [0.05, 0.1) is 0 Å². The number of hydrogen-bond acceptors (Lipinski definition) is 4. The molecule has 2 N–H and O–H groups in total. The predicted molar refractivity (Wildman–Crippen MR) is 113 cm³/mol. The average molecular weight is 404 g/mol. The standard InChI is InChI=1S/C23H20N2O3S/c26-22(24-28)18-9-8-16-10-11-25(15-19(16)13-18)23(27)21(14-20-7-4-12-29-20)17-5-2-1-3-6-17/h1-9,12-14,28H,10-11,15H2,(H,24,26)/b21-14+. The number of carbonyl (C=O) groups excluding carboxylic acids is 2. The number of fused-ring (bicyclic) bond motifs is 1. The topological polar surface area (TPSA) is 69.6 Å². The van der Waals surface area contributed by atoms with Crippen molar-refractivity contribution in [2.75, 3.05) is 6.54 Å². The van der Waals surface area contributed by atoms with E-state index in [1.807, 2.05) is 64.9 Å². The van der Waals surface area contributed by atoms with Crippen LogP contribution in [0.3, 0.4) is 0 Å². The number of nitrogens with zero attached hydrogens (tertiary/aromatic N) is 1. The smallest absolute Gasteiger partial charge is 0.274 e. The zero-order valence-corrected chi connectivity index (χ0v) is 16.5. The molecule has 0 radical (unpaired) electrons. The molecule has 1 aromatic heterocycles. The zero-order chi connectivity index (χ0) is 20.2. The summed E-state index contributed by atoms with van der Waals surface area (Å²) in [6.45, 7) is 1.04. The SMILES string of the molecule is O=C(NO)c1ccc2c(c1)CN(C(=O)/C(=C/c1cccs1)c1ccccc1)CC2. The first-order valence-corrected chi connectivity index (χ1v) is 10.2. The van der Waals surface area contributed by atoms with Gasteiger partial charge in [-0.2, -0.15) is 0 Å². The van der Waals surface area contributed by atoms with Crippen molar-refractivity contribution >= 4 is 34.8 Å². The van der Waals surface area contributed by atoms with Gasteiger partial charge in [0, 0.05) is 29.1 Å². The zero-order valence-electron chi connectivity index (χ0n) is 15.7. The Morgan fingerprint density at radius 3 is 2.55 bits per heavy atom. The van der Waals surface area contributed by atoms with E-state index in [0.717, 1.165) is 28.0 Å². The summed E-state index contributed by atoms with van der Waals surface area (Å²) >= 11 is 1.59. The Morgan fingerprint density at radius 2 is 1.83 bits per heavy atom. The van der Waals surface area contributed by atoms with Gasteiger partial charge in [-0.15, -0.1) is 11.3 Å². The summed E-state index contributed by atoms with van der Waals surface area (Å²) in [7, 11) is 0. The van der Waals surface area contributed by atoms with E-state index in [1.165, 1.54) is 0 Å². The van der Waals surface area contributed by atoms with Crippen LogP contribution in [0, 0.1) is 0 Å². The molecule has 4 rings (SSSR count). The van der Waals surface area contributed by atoms with E-state index >= 15 is 0 Å². The number of hydroxylamine groups is 1. The Labute approximate surface area is 172 Å². The summed E-state index contributed by atoms with van der Waals surface area (Å²) in [5.74, 6) is -0.592. The molecule has 1 aliphatic rings. The third-order valence-corrected chi connectivity index (χ3v) is 5.83. The van der Waals surface area contributed by atoms with E-state index in [2.05, 4.69) is 0 Å². The first-order valence-electron chi connectivity index (χ1n) is 9.32. The van der Waals surface area contributed by atoms with Crippen LogP contribution in [0.15, 0.2) is 66.0 Å². The molecule has 0 aliphatic carbocycles. The van der Waals surface area contributed by atoms with Crippen LogP contribution in [0.5, 0.6) is 0 Å². The molecule has 6 heteroatoms. The molecule has 29 heavy (non-hydrogen) atoms. The fraction of sp³-hybridized carbons (Fsp3) is 0.130. The van der Waals surface area contributed by atoms with Crippen LogP contribution in [0.4, 0.5) is 0 Å². The van der Waals surface area contributed by atoms with Gasteiger partial charge in [-0.05, 0) is 52.8 Å². The number of hydrogen-bond donors (Lipinski definition) is 2. The first kappa shape index (κ1) is 19.1. The van der Waals surface area contributed by atoms with Gasteiger partial charge in [-0.25, -0.2) is 5.48 Å². The Morgan fingerprint density at radius 1 is 1.00 bits per heavy atom. The van der Waals surface area contributed by atoms with Gasteiger partial charge in [0.1, 0.15) is 0 Å². The quantitative estimate of drug-likeness (QED) is 0.392. The van der Waals surface area contributed by atoms with E-state index in [0.29, 0.717) is 24.2 Å². The van der Waals surface area contributed by atoms with Crippen molar-refractivity contribution in [3.05, 3.63) is 93.2 Å². The molecule has 0 saturated heterocycles. The fourth-order valence-corrected chi connectivity index (χ4v) is 4.17. The second-order valence-electron chi connectivity index (χ2n) is 6.84.